The molecule has 0 spiro atoms. The van der Waals surface area contributed by atoms with Crippen LogP contribution in [0.3, 0.4) is 0 Å². The Labute approximate surface area is 109 Å². The van der Waals surface area contributed by atoms with E-state index in [0.29, 0.717) is 12.6 Å². The molecule has 0 radical (unpaired) electrons. The lowest BCUT2D eigenvalue weighted by molar-refractivity contribution is -0.140. The van der Waals surface area contributed by atoms with Crippen LogP contribution < -0.4 is 10.6 Å². The third-order valence-corrected chi connectivity index (χ3v) is 3.43. The first-order valence-electron chi connectivity index (χ1n) is 6.81. The third-order valence-electron chi connectivity index (χ3n) is 3.43. The molecule has 1 aliphatic heterocycles. The molecule has 2 N–H and O–H groups in total. The zero-order chi connectivity index (χ0) is 13.5. The van der Waals surface area contributed by atoms with Crippen molar-refractivity contribution < 1.29 is 9.59 Å². The Morgan fingerprint density at radius 1 is 1.39 bits per heavy atom. The van der Waals surface area contributed by atoms with Crippen LogP contribution in [0, 0.1) is 5.92 Å². The molecule has 0 saturated carbocycles. The predicted octanol–water partition coefficient (Wildman–Crippen LogP) is 0.359. The maximum absolute atomic E-state index is 12.4. The number of carbonyl (C=O) groups excluding carboxylic acids is 2. The SMILES string of the molecule is CCCN(CC(=O)NC)C(=O)C1CCC(C)NC1. The van der Waals surface area contributed by atoms with E-state index in [0.717, 1.165) is 25.8 Å². The van der Waals surface area contributed by atoms with Gasteiger partial charge in [-0.05, 0) is 26.2 Å². The Morgan fingerprint density at radius 3 is 2.61 bits per heavy atom. The van der Waals surface area contributed by atoms with Crippen LogP contribution in [0.15, 0.2) is 0 Å². The predicted molar refractivity (Wildman–Crippen MR) is 71.1 cm³/mol. The van der Waals surface area contributed by atoms with E-state index >= 15 is 0 Å². The fourth-order valence-electron chi connectivity index (χ4n) is 2.26. The molecule has 0 aromatic rings. The standard InChI is InChI=1S/C13H25N3O2/c1-4-7-16(9-12(17)14-3)13(18)11-6-5-10(2)15-8-11/h10-11,15H,4-9H2,1-3H3,(H,14,17). The highest BCUT2D eigenvalue weighted by atomic mass is 16.2. The summed E-state index contributed by atoms with van der Waals surface area (Å²) < 4.78 is 0. The van der Waals surface area contributed by atoms with Crippen molar-refractivity contribution in [1.29, 1.82) is 0 Å². The summed E-state index contributed by atoms with van der Waals surface area (Å²) in [6.45, 7) is 5.71. The van der Waals surface area contributed by atoms with Crippen LogP contribution in [-0.2, 0) is 9.59 Å². The molecule has 1 fully saturated rings. The van der Waals surface area contributed by atoms with Gasteiger partial charge >= 0.3 is 0 Å². The minimum Gasteiger partial charge on any atom is -0.358 e. The van der Waals surface area contributed by atoms with Gasteiger partial charge in [0.25, 0.3) is 0 Å². The molecule has 2 amide bonds. The minimum atomic E-state index is -0.103. The van der Waals surface area contributed by atoms with Crippen LogP contribution in [-0.4, -0.2) is 49.4 Å². The Balaban J connectivity index is 2.55. The molecular formula is C13H25N3O2. The molecule has 1 saturated heterocycles. The molecule has 0 aromatic heterocycles. The normalized spacial score (nSPS) is 23.5. The number of amides is 2. The lowest BCUT2D eigenvalue weighted by atomic mass is 9.94. The number of hydrogen-bond acceptors (Lipinski definition) is 3. The second-order valence-corrected chi connectivity index (χ2v) is 5.02. The first-order chi connectivity index (χ1) is 8.58. The third kappa shape index (κ3) is 4.29. The maximum atomic E-state index is 12.4. The quantitative estimate of drug-likeness (QED) is 0.745. The number of nitrogens with one attached hydrogen (secondary N) is 2. The number of piperidine rings is 1. The van der Waals surface area contributed by atoms with E-state index < -0.39 is 0 Å². The summed E-state index contributed by atoms with van der Waals surface area (Å²) >= 11 is 0. The van der Waals surface area contributed by atoms with Crippen molar-refractivity contribution in [3.8, 4) is 0 Å². The van der Waals surface area contributed by atoms with Gasteiger partial charge in [0.1, 0.15) is 0 Å². The van der Waals surface area contributed by atoms with Crippen LogP contribution in [0.2, 0.25) is 0 Å². The Hall–Kier alpha value is -1.10. The van der Waals surface area contributed by atoms with E-state index in [1.807, 2.05) is 6.92 Å². The fourth-order valence-corrected chi connectivity index (χ4v) is 2.26. The molecule has 0 aliphatic carbocycles. The summed E-state index contributed by atoms with van der Waals surface area (Å²) in [6, 6.07) is 0.493. The summed E-state index contributed by atoms with van der Waals surface area (Å²) in [5.74, 6) is 0.0335. The van der Waals surface area contributed by atoms with Gasteiger partial charge in [-0.1, -0.05) is 6.92 Å². The van der Waals surface area contributed by atoms with E-state index in [-0.39, 0.29) is 24.3 Å². The van der Waals surface area contributed by atoms with E-state index in [9.17, 15) is 9.59 Å². The summed E-state index contributed by atoms with van der Waals surface area (Å²) in [6.07, 6.45) is 2.82. The van der Waals surface area contributed by atoms with E-state index in [1.54, 1.807) is 11.9 Å². The van der Waals surface area contributed by atoms with Crippen LogP contribution in [0.1, 0.15) is 33.1 Å². The number of rotatable bonds is 5. The van der Waals surface area contributed by atoms with Crippen molar-refractivity contribution >= 4 is 11.8 Å². The topological polar surface area (TPSA) is 61.4 Å². The summed E-state index contributed by atoms with van der Waals surface area (Å²) in [5.41, 5.74) is 0. The number of hydrogen-bond donors (Lipinski definition) is 2. The van der Waals surface area contributed by atoms with Gasteiger partial charge in [-0.15, -0.1) is 0 Å². The highest BCUT2D eigenvalue weighted by molar-refractivity contribution is 5.86. The second-order valence-electron chi connectivity index (χ2n) is 5.02. The fraction of sp³-hybridized carbons (Fsp3) is 0.846. The first kappa shape index (κ1) is 15.0. The molecule has 0 bridgehead atoms. The molecule has 0 aromatic carbocycles. The maximum Gasteiger partial charge on any atom is 0.239 e. The van der Waals surface area contributed by atoms with Gasteiger partial charge in [0, 0.05) is 26.2 Å². The van der Waals surface area contributed by atoms with E-state index in [1.165, 1.54) is 0 Å². The Bertz CT molecular complexity index is 286. The van der Waals surface area contributed by atoms with Crippen LogP contribution in [0.25, 0.3) is 0 Å². The zero-order valence-electron chi connectivity index (χ0n) is 11.7. The van der Waals surface area contributed by atoms with Gasteiger partial charge in [0.05, 0.1) is 12.5 Å². The van der Waals surface area contributed by atoms with Crippen molar-refractivity contribution in [1.82, 2.24) is 15.5 Å². The monoisotopic (exact) mass is 255 g/mol. The molecule has 1 aliphatic rings. The molecule has 2 atom stereocenters. The molecule has 2 unspecified atom stereocenters. The molecular weight excluding hydrogens is 230 g/mol. The Kier molecular flexibility index (Phi) is 6.12. The van der Waals surface area contributed by atoms with Gasteiger partial charge in [-0.25, -0.2) is 0 Å². The van der Waals surface area contributed by atoms with Crippen LogP contribution in [0.5, 0.6) is 0 Å². The number of likely N-dealkylation sites (N-methyl/N-ethyl adjacent to an activating group) is 1. The van der Waals surface area contributed by atoms with Gasteiger partial charge < -0.3 is 15.5 Å². The largest absolute Gasteiger partial charge is 0.358 e. The molecule has 18 heavy (non-hydrogen) atoms. The smallest absolute Gasteiger partial charge is 0.239 e. The average Bonchev–Trinajstić information content (AvgIpc) is 2.38. The van der Waals surface area contributed by atoms with Gasteiger partial charge in [0.15, 0.2) is 0 Å². The highest BCUT2D eigenvalue weighted by Crippen LogP contribution is 2.16. The van der Waals surface area contributed by atoms with Crippen molar-refractivity contribution in [3.05, 3.63) is 0 Å². The molecule has 104 valence electrons. The van der Waals surface area contributed by atoms with E-state index in [2.05, 4.69) is 17.6 Å². The summed E-state index contributed by atoms with van der Waals surface area (Å²) in [7, 11) is 1.60. The van der Waals surface area contributed by atoms with Gasteiger partial charge in [-0.2, -0.15) is 0 Å². The van der Waals surface area contributed by atoms with Gasteiger partial charge in [0.2, 0.25) is 11.8 Å². The van der Waals surface area contributed by atoms with Crippen LogP contribution in [0.4, 0.5) is 0 Å². The van der Waals surface area contributed by atoms with E-state index in [4.69, 9.17) is 0 Å². The zero-order valence-corrected chi connectivity index (χ0v) is 11.7. The minimum absolute atomic E-state index is 0.0254. The lowest BCUT2D eigenvalue weighted by Gasteiger charge is -2.31. The average molecular weight is 255 g/mol. The summed E-state index contributed by atoms with van der Waals surface area (Å²) in [5, 5.41) is 5.90. The molecule has 5 heteroatoms. The van der Waals surface area contributed by atoms with Crippen molar-refractivity contribution in [3.63, 3.8) is 0 Å². The van der Waals surface area contributed by atoms with Crippen LogP contribution >= 0.6 is 0 Å². The van der Waals surface area contributed by atoms with Crippen molar-refractivity contribution in [2.45, 2.75) is 39.2 Å². The molecule has 5 nitrogen and oxygen atoms in total. The summed E-state index contributed by atoms with van der Waals surface area (Å²) in [4.78, 5) is 25.4. The Morgan fingerprint density at radius 2 is 2.11 bits per heavy atom. The molecule has 1 rings (SSSR count). The van der Waals surface area contributed by atoms with Gasteiger partial charge in [-0.3, -0.25) is 9.59 Å². The highest BCUT2D eigenvalue weighted by Gasteiger charge is 2.28. The first-order valence-corrected chi connectivity index (χ1v) is 6.81. The number of carbonyl (C=O) groups is 2. The lowest BCUT2D eigenvalue weighted by Crippen LogP contribution is -2.48. The second kappa shape index (κ2) is 7.36. The number of nitrogens with zero attached hydrogens (tertiary/aromatic N) is 1. The van der Waals surface area contributed by atoms with Crippen molar-refractivity contribution in [2.75, 3.05) is 26.7 Å². The molecule has 1 heterocycles. The van der Waals surface area contributed by atoms with Crippen molar-refractivity contribution in [2.24, 2.45) is 5.92 Å².